The summed E-state index contributed by atoms with van der Waals surface area (Å²) in [7, 11) is 0. The minimum Gasteiger partial charge on any atom is -0.357 e. The third-order valence-electron chi connectivity index (χ3n) is 8.66. The minimum absolute atomic E-state index is 0.0453. The van der Waals surface area contributed by atoms with Gasteiger partial charge in [0, 0.05) is 23.7 Å². The van der Waals surface area contributed by atoms with Crippen molar-refractivity contribution in [3.8, 4) is 0 Å². The largest absolute Gasteiger partial charge is 0.357 e. The van der Waals surface area contributed by atoms with Crippen LogP contribution in [0.1, 0.15) is 65.2 Å². The first-order chi connectivity index (χ1) is 10.4. The lowest BCUT2D eigenvalue weighted by Gasteiger charge is -2.58. The normalized spacial score (nSPS) is 59.4. The summed E-state index contributed by atoms with van der Waals surface area (Å²) in [5.41, 5.74) is -0.00234. The lowest BCUT2D eigenvalue weighted by Crippen LogP contribution is -2.58. The molecule has 0 aromatic carbocycles. The van der Waals surface area contributed by atoms with Gasteiger partial charge in [0.25, 0.3) is 0 Å². The third kappa shape index (κ3) is 1.31. The highest BCUT2D eigenvalue weighted by Crippen LogP contribution is 2.71. The molecule has 5 aliphatic rings. The van der Waals surface area contributed by atoms with E-state index in [9.17, 15) is 9.59 Å². The molecular weight excluding hydrogens is 276 g/mol. The maximum atomic E-state index is 12.4. The maximum absolute atomic E-state index is 12.4. The molecule has 0 aromatic heterocycles. The SMILES string of the molecule is C[C@]12CC[C@@H]3[C@@H](CCC45OC4C(=O)CC[C@]35C)[C@@H]1CCC2=O. The molecule has 1 heterocycles. The van der Waals surface area contributed by atoms with E-state index in [-0.39, 0.29) is 22.5 Å². The van der Waals surface area contributed by atoms with Crippen LogP contribution in [0.4, 0.5) is 0 Å². The lowest BCUT2D eigenvalue weighted by molar-refractivity contribution is -0.140. The fourth-order valence-corrected chi connectivity index (χ4v) is 7.27. The Hall–Kier alpha value is -0.700. The number of epoxide rings is 1. The zero-order valence-electron chi connectivity index (χ0n) is 13.7. The summed E-state index contributed by atoms with van der Waals surface area (Å²) < 4.78 is 6.07. The number of carbonyl (C=O) groups is 2. The molecule has 1 spiro atoms. The molecule has 3 heteroatoms. The van der Waals surface area contributed by atoms with Crippen LogP contribution in [0.5, 0.6) is 0 Å². The molecule has 0 bridgehead atoms. The van der Waals surface area contributed by atoms with Crippen molar-refractivity contribution in [2.75, 3.05) is 0 Å². The van der Waals surface area contributed by atoms with E-state index in [0.29, 0.717) is 35.7 Å². The zero-order valence-corrected chi connectivity index (χ0v) is 13.7. The van der Waals surface area contributed by atoms with Crippen LogP contribution in [0.2, 0.25) is 0 Å². The highest BCUT2D eigenvalue weighted by Gasteiger charge is 2.76. The first-order valence-electron chi connectivity index (χ1n) is 9.16. The first-order valence-corrected chi connectivity index (χ1v) is 9.16. The minimum atomic E-state index is -0.125. The van der Waals surface area contributed by atoms with Crippen LogP contribution < -0.4 is 0 Å². The zero-order chi connectivity index (χ0) is 15.3. The quantitative estimate of drug-likeness (QED) is 0.645. The molecule has 5 rings (SSSR count). The molecule has 0 aromatic rings. The van der Waals surface area contributed by atoms with Gasteiger partial charge in [-0.3, -0.25) is 9.59 Å². The van der Waals surface area contributed by atoms with Gasteiger partial charge in [0.1, 0.15) is 17.5 Å². The van der Waals surface area contributed by atoms with Crippen LogP contribution in [-0.4, -0.2) is 23.3 Å². The van der Waals surface area contributed by atoms with Gasteiger partial charge in [-0.1, -0.05) is 13.8 Å². The van der Waals surface area contributed by atoms with Crippen LogP contribution >= 0.6 is 0 Å². The molecule has 0 radical (unpaired) electrons. The molecule has 1 saturated heterocycles. The van der Waals surface area contributed by atoms with Gasteiger partial charge < -0.3 is 4.74 Å². The van der Waals surface area contributed by atoms with Crippen LogP contribution in [0.3, 0.4) is 0 Å². The van der Waals surface area contributed by atoms with Gasteiger partial charge in [0.15, 0.2) is 5.78 Å². The topological polar surface area (TPSA) is 46.7 Å². The van der Waals surface area contributed by atoms with Crippen molar-refractivity contribution in [2.24, 2.45) is 28.6 Å². The smallest absolute Gasteiger partial charge is 0.164 e. The standard InChI is InChI=1S/C19H26O3/c1-17-8-6-13-11(12(17)3-4-15(17)21)5-10-19-16(22-19)14(20)7-9-18(13,19)2/h11-13,16H,3-10H2,1-2H3/t11-,12-,13+,16?,17-,18+,19?/m0/s1. The van der Waals surface area contributed by atoms with Gasteiger partial charge in [0.2, 0.25) is 0 Å². The molecule has 4 aliphatic carbocycles. The Balaban J connectivity index is 1.52. The Kier molecular flexibility index (Phi) is 2.40. The highest BCUT2D eigenvalue weighted by atomic mass is 16.6. The Labute approximate surface area is 132 Å². The molecule has 0 amide bonds. The molecule has 120 valence electrons. The lowest BCUT2D eigenvalue weighted by atomic mass is 9.45. The summed E-state index contributed by atoms with van der Waals surface area (Å²) in [6.07, 6.45) is 7.93. The molecule has 1 aliphatic heterocycles. The van der Waals surface area contributed by atoms with Crippen molar-refractivity contribution in [3.05, 3.63) is 0 Å². The summed E-state index contributed by atoms with van der Waals surface area (Å²) in [6, 6.07) is 0. The van der Waals surface area contributed by atoms with Gasteiger partial charge in [-0.15, -0.1) is 0 Å². The second kappa shape index (κ2) is 3.85. The van der Waals surface area contributed by atoms with E-state index < -0.39 is 0 Å². The summed E-state index contributed by atoms with van der Waals surface area (Å²) >= 11 is 0. The fourth-order valence-electron chi connectivity index (χ4n) is 7.27. The maximum Gasteiger partial charge on any atom is 0.164 e. The molecule has 22 heavy (non-hydrogen) atoms. The third-order valence-corrected chi connectivity index (χ3v) is 8.66. The predicted octanol–water partition coefficient (Wildman–Crippen LogP) is 3.30. The summed E-state index contributed by atoms with van der Waals surface area (Å²) in [6.45, 7) is 4.63. The molecule has 4 saturated carbocycles. The van der Waals surface area contributed by atoms with Crippen LogP contribution in [0, 0.1) is 28.6 Å². The van der Waals surface area contributed by atoms with Crippen molar-refractivity contribution in [2.45, 2.75) is 76.9 Å². The number of ether oxygens (including phenoxy) is 1. The predicted molar refractivity (Wildman–Crippen MR) is 81.2 cm³/mol. The number of hydrogen-bond donors (Lipinski definition) is 0. The van der Waals surface area contributed by atoms with E-state index in [1.165, 1.54) is 0 Å². The fraction of sp³-hybridized carbons (Fsp3) is 0.895. The van der Waals surface area contributed by atoms with E-state index in [0.717, 1.165) is 44.9 Å². The van der Waals surface area contributed by atoms with Crippen LogP contribution in [0.25, 0.3) is 0 Å². The summed E-state index contributed by atoms with van der Waals surface area (Å²) in [5, 5.41) is 0. The number of rotatable bonds is 0. The van der Waals surface area contributed by atoms with Crippen molar-refractivity contribution in [3.63, 3.8) is 0 Å². The molecule has 2 unspecified atom stereocenters. The molecular formula is C19H26O3. The number of hydrogen-bond acceptors (Lipinski definition) is 3. The second-order valence-electron chi connectivity index (χ2n) is 9.10. The Morgan fingerprint density at radius 1 is 0.955 bits per heavy atom. The molecule has 0 N–H and O–H groups in total. The highest BCUT2D eigenvalue weighted by molar-refractivity contribution is 5.89. The van der Waals surface area contributed by atoms with Crippen LogP contribution in [0.15, 0.2) is 0 Å². The van der Waals surface area contributed by atoms with E-state index in [1.807, 2.05) is 0 Å². The molecule has 3 nitrogen and oxygen atoms in total. The van der Waals surface area contributed by atoms with Crippen molar-refractivity contribution in [1.29, 1.82) is 0 Å². The van der Waals surface area contributed by atoms with Crippen LogP contribution in [-0.2, 0) is 14.3 Å². The van der Waals surface area contributed by atoms with Gasteiger partial charge >= 0.3 is 0 Å². The number of fused-ring (bicyclic) bond motifs is 4. The molecule has 7 atom stereocenters. The molecule has 5 fully saturated rings. The van der Waals surface area contributed by atoms with Gasteiger partial charge in [-0.2, -0.15) is 0 Å². The van der Waals surface area contributed by atoms with Gasteiger partial charge in [0.05, 0.1) is 0 Å². The summed E-state index contributed by atoms with van der Waals surface area (Å²) in [4.78, 5) is 24.5. The van der Waals surface area contributed by atoms with Crippen molar-refractivity contribution < 1.29 is 14.3 Å². The number of Topliss-reactive ketones (excluding diaryl/α,β-unsaturated/α-hetero) is 2. The average molecular weight is 302 g/mol. The first kappa shape index (κ1) is 13.7. The summed E-state index contributed by atoms with van der Waals surface area (Å²) in [5.74, 6) is 2.78. The Bertz CT molecular complexity index is 583. The van der Waals surface area contributed by atoms with Crippen molar-refractivity contribution in [1.82, 2.24) is 0 Å². The van der Waals surface area contributed by atoms with E-state index in [1.54, 1.807) is 0 Å². The van der Waals surface area contributed by atoms with E-state index in [2.05, 4.69) is 13.8 Å². The van der Waals surface area contributed by atoms with E-state index >= 15 is 0 Å². The Morgan fingerprint density at radius 2 is 1.77 bits per heavy atom. The van der Waals surface area contributed by atoms with Gasteiger partial charge in [-0.05, 0) is 56.3 Å². The Morgan fingerprint density at radius 3 is 2.59 bits per heavy atom. The van der Waals surface area contributed by atoms with E-state index in [4.69, 9.17) is 4.74 Å². The second-order valence-corrected chi connectivity index (χ2v) is 9.10. The average Bonchev–Trinajstić information content (AvgIpc) is 3.17. The monoisotopic (exact) mass is 302 g/mol. The number of carbonyl (C=O) groups excluding carboxylic acids is 2. The number of ketones is 2. The van der Waals surface area contributed by atoms with Gasteiger partial charge in [-0.25, -0.2) is 0 Å². The van der Waals surface area contributed by atoms with Crippen molar-refractivity contribution >= 4 is 11.6 Å².